The number of nitrogens with two attached hydrogens (primary N) is 1. The predicted molar refractivity (Wildman–Crippen MR) is 65.8 cm³/mol. The Kier molecular flexibility index (Phi) is 5.47. The lowest BCUT2D eigenvalue weighted by Gasteiger charge is -2.22. The van der Waals surface area contributed by atoms with Crippen molar-refractivity contribution in [3.63, 3.8) is 0 Å². The summed E-state index contributed by atoms with van der Waals surface area (Å²) in [5.41, 5.74) is 5.25. The highest BCUT2D eigenvalue weighted by atomic mass is 19.4. The van der Waals surface area contributed by atoms with Crippen molar-refractivity contribution in [3.8, 4) is 0 Å². The number of amidine groups is 1. The van der Waals surface area contributed by atoms with Crippen LogP contribution in [-0.2, 0) is 0 Å². The van der Waals surface area contributed by atoms with Gasteiger partial charge in [0.2, 0.25) is 0 Å². The summed E-state index contributed by atoms with van der Waals surface area (Å²) < 4.78 is 37.1. The maximum Gasteiger partial charge on any atom is 0.406 e. The molecule has 0 atom stereocenters. The van der Waals surface area contributed by atoms with Crippen molar-refractivity contribution in [2.75, 3.05) is 19.7 Å². The summed E-state index contributed by atoms with van der Waals surface area (Å²) in [5.74, 6) is -1.23. The molecule has 0 saturated heterocycles. The number of alkyl halides is 3. The molecule has 0 fully saturated rings. The molecule has 10 heteroatoms. The van der Waals surface area contributed by atoms with E-state index in [0.717, 1.165) is 12.3 Å². The van der Waals surface area contributed by atoms with E-state index in [1.165, 1.54) is 6.07 Å². The minimum absolute atomic E-state index is 0.207. The highest BCUT2D eigenvalue weighted by Gasteiger charge is 2.33. The molecule has 0 radical (unpaired) electrons. The van der Waals surface area contributed by atoms with Crippen LogP contribution in [0.2, 0.25) is 0 Å². The van der Waals surface area contributed by atoms with E-state index in [4.69, 9.17) is 16.0 Å². The summed E-state index contributed by atoms with van der Waals surface area (Å²) in [4.78, 5) is 16.0. The van der Waals surface area contributed by atoms with Crippen LogP contribution < -0.4 is 5.73 Å². The zero-order chi connectivity index (χ0) is 16.0. The van der Waals surface area contributed by atoms with Crippen molar-refractivity contribution in [2.24, 2.45) is 10.9 Å². The van der Waals surface area contributed by atoms with Gasteiger partial charge in [-0.1, -0.05) is 5.16 Å². The van der Waals surface area contributed by atoms with Crippen LogP contribution in [0.5, 0.6) is 0 Å². The highest BCUT2D eigenvalue weighted by molar-refractivity contribution is 5.98. The number of oxime groups is 1. The monoisotopic (exact) mass is 306 g/mol. The van der Waals surface area contributed by atoms with Gasteiger partial charge in [0, 0.05) is 18.3 Å². The predicted octanol–water partition coefficient (Wildman–Crippen LogP) is 0.173. The molecule has 7 nitrogen and oxygen atoms in total. The fraction of sp³-hybridized carbons (Fsp3) is 0.364. The number of carbonyl (C=O) groups is 1. The average molecular weight is 306 g/mol. The van der Waals surface area contributed by atoms with Gasteiger partial charge in [-0.15, -0.1) is 0 Å². The Morgan fingerprint density at radius 1 is 1.43 bits per heavy atom. The largest absolute Gasteiger partial charge is 0.409 e. The van der Waals surface area contributed by atoms with Crippen molar-refractivity contribution in [3.05, 3.63) is 29.6 Å². The Bertz CT molecular complexity index is 516. The zero-order valence-corrected chi connectivity index (χ0v) is 10.7. The fourth-order valence-electron chi connectivity index (χ4n) is 1.48. The smallest absolute Gasteiger partial charge is 0.406 e. The lowest BCUT2D eigenvalue weighted by molar-refractivity contribution is -0.141. The van der Waals surface area contributed by atoms with E-state index < -0.39 is 31.8 Å². The molecular formula is C11H13F3N4O3. The summed E-state index contributed by atoms with van der Waals surface area (Å²) in [5, 5.41) is 19.9. The first kappa shape index (κ1) is 16.7. The van der Waals surface area contributed by atoms with Gasteiger partial charge in [-0.2, -0.15) is 13.2 Å². The van der Waals surface area contributed by atoms with Crippen LogP contribution in [0.4, 0.5) is 13.2 Å². The SMILES string of the molecule is N/C(=N/O)c1ccc(C(=O)N(CCO)CC(F)(F)F)nc1. The molecule has 0 aliphatic carbocycles. The molecule has 0 aliphatic rings. The molecule has 0 aliphatic heterocycles. The first-order valence-electron chi connectivity index (χ1n) is 5.69. The van der Waals surface area contributed by atoms with Crippen molar-refractivity contribution in [1.82, 2.24) is 9.88 Å². The Morgan fingerprint density at radius 2 is 2.10 bits per heavy atom. The minimum Gasteiger partial charge on any atom is -0.409 e. The lowest BCUT2D eigenvalue weighted by Crippen LogP contribution is -2.41. The van der Waals surface area contributed by atoms with E-state index in [9.17, 15) is 18.0 Å². The van der Waals surface area contributed by atoms with Crippen LogP contribution in [0.25, 0.3) is 0 Å². The lowest BCUT2D eigenvalue weighted by atomic mass is 10.2. The van der Waals surface area contributed by atoms with Crippen molar-refractivity contribution in [1.29, 1.82) is 0 Å². The van der Waals surface area contributed by atoms with Gasteiger partial charge in [0.25, 0.3) is 5.91 Å². The fourth-order valence-corrected chi connectivity index (χ4v) is 1.48. The average Bonchev–Trinajstić information content (AvgIpc) is 2.44. The molecule has 1 heterocycles. The molecule has 116 valence electrons. The van der Waals surface area contributed by atoms with Crippen molar-refractivity contribution < 1.29 is 28.3 Å². The zero-order valence-electron chi connectivity index (χ0n) is 10.7. The number of aromatic nitrogens is 1. The standard InChI is InChI=1S/C11H13F3N4O3/c12-11(13,14)6-18(3-4-19)10(20)8-2-1-7(5-16-8)9(15)17-21/h1-2,5,19,21H,3-4,6H2,(H2,15,17). The molecule has 1 rings (SSSR count). The number of nitrogens with zero attached hydrogens (tertiary/aromatic N) is 3. The molecule has 1 amide bonds. The second-order valence-electron chi connectivity index (χ2n) is 3.98. The van der Waals surface area contributed by atoms with E-state index in [1.54, 1.807) is 0 Å². The quantitative estimate of drug-likeness (QED) is 0.311. The number of halogens is 3. The molecule has 4 N–H and O–H groups in total. The van der Waals surface area contributed by atoms with Gasteiger partial charge in [0.05, 0.1) is 6.61 Å². The van der Waals surface area contributed by atoms with Gasteiger partial charge < -0.3 is 20.9 Å². The van der Waals surface area contributed by atoms with Crippen LogP contribution in [0.3, 0.4) is 0 Å². The van der Waals surface area contributed by atoms with Crippen LogP contribution in [0, 0.1) is 0 Å². The highest BCUT2D eigenvalue weighted by Crippen LogP contribution is 2.17. The molecule has 1 aromatic rings. The maximum atomic E-state index is 12.4. The maximum absolute atomic E-state index is 12.4. The number of rotatable bonds is 5. The summed E-state index contributed by atoms with van der Waals surface area (Å²) in [6.45, 7) is -2.57. The molecule has 0 spiro atoms. The second kappa shape index (κ2) is 6.88. The van der Waals surface area contributed by atoms with Gasteiger partial charge in [0.15, 0.2) is 5.84 Å². The molecule has 0 saturated carbocycles. The number of amides is 1. The molecule has 0 bridgehead atoms. The van der Waals surface area contributed by atoms with E-state index in [0.29, 0.717) is 4.90 Å². The van der Waals surface area contributed by atoms with E-state index >= 15 is 0 Å². The van der Waals surface area contributed by atoms with Crippen molar-refractivity contribution in [2.45, 2.75) is 6.18 Å². The van der Waals surface area contributed by atoms with Crippen molar-refractivity contribution >= 4 is 11.7 Å². The van der Waals surface area contributed by atoms with Crippen LogP contribution in [0.1, 0.15) is 16.1 Å². The third-order valence-corrected chi connectivity index (χ3v) is 2.41. The third-order valence-electron chi connectivity index (χ3n) is 2.41. The third kappa shape index (κ3) is 4.91. The minimum atomic E-state index is -4.58. The Labute approximate surface area is 117 Å². The van der Waals surface area contributed by atoms with E-state index in [2.05, 4.69) is 10.1 Å². The first-order chi connectivity index (χ1) is 9.78. The second-order valence-corrected chi connectivity index (χ2v) is 3.98. The summed E-state index contributed by atoms with van der Waals surface area (Å²) in [7, 11) is 0. The summed E-state index contributed by atoms with van der Waals surface area (Å²) in [6, 6.07) is 2.43. The molecular weight excluding hydrogens is 293 g/mol. The number of hydrogen-bond acceptors (Lipinski definition) is 5. The van der Waals surface area contributed by atoms with Gasteiger partial charge >= 0.3 is 6.18 Å². The first-order valence-corrected chi connectivity index (χ1v) is 5.69. The van der Waals surface area contributed by atoms with Gasteiger partial charge in [-0.25, -0.2) is 0 Å². The molecule has 21 heavy (non-hydrogen) atoms. The van der Waals surface area contributed by atoms with Crippen LogP contribution in [0.15, 0.2) is 23.5 Å². The van der Waals surface area contributed by atoms with E-state index in [1.807, 2.05) is 0 Å². The number of aliphatic hydroxyl groups excluding tert-OH is 1. The number of aliphatic hydroxyl groups is 1. The van der Waals surface area contributed by atoms with Gasteiger partial charge in [-0.3, -0.25) is 9.78 Å². The number of carbonyl (C=O) groups excluding carboxylic acids is 1. The Morgan fingerprint density at radius 3 is 2.52 bits per heavy atom. The van der Waals surface area contributed by atoms with Crippen LogP contribution in [-0.4, -0.2) is 57.8 Å². The van der Waals surface area contributed by atoms with Crippen LogP contribution >= 0.6 is 0 Å². The van der Waals surface area contributed by atoms with E-state index in [-0.39, 0.29) is 17.1 Å². The summed E-state index contributed by atoms with van der Waals surface area (Å²) >= 11 is 0. The number of hydrogen-bond donors (Lipinski definition) is 3. The summed E-state index contributed by atoms with van der Waals surface area (Å²) in [6.07, 6.45) is -3.49. The Hall–Kier alpha value is -2.36. The van der Waals surface area contributed by atoms with Gasteiger partial charge in [0.1, 0.15) is 12.2 Å². The molecule has 0 aromatic carbocycles. The van der Waals surface area contributed by atoms with Gasteiger partial charge in [-0.05, 0) is 12.1 Å². The molecule has 1 aromatic heterocycles. The normalized spacial score (nSPS) is 12.3. The Balaban J connectivity index is 2.93. The topological polar surface area (TPSA) is 112 Å². The molecule has 0 unspecified atom stereocenters. The number of pyridine rings is 1.